The lowest BCUT2D eigenvalue weighted by atomic mass is 10.1. The van der Waals surface area contributed by atoms with Gasteiger partial charge in [-0.2, -0.15) is 15.1 Å². The van der Waals surface area contributed by atoms with Crippen molar-refractivity contribution < 1.29 is 80.5 Å². The molecule has 0 spiro atoms. The Hall–Kier alpha value is -3.10. The Morgan fingerprint density at radius 3 is 2.29 bits per heavy atom. The predicted molar refractivity (Wildman–Crippen MR) is 185 cm³/mol. The highest BCUT2D eigenvalue weighted by Crippen LogP contribution is 2.55. The maximum atomic E-state index is 13.7. The van der Waals surface area contributed by atoms with Crippen molar-refractivity contribution in [1.82, 2.24) is 19.7 Å². The molecule has 3 aromatic rings. The highest BCUT2D eigenvalue weighted by Gasteiger charge is 2.46. The number of rotatable bonds is 22. The first-order valence-electron chi connectivity index (χ1n) is 16.4. The minimum Gasteiger partial charge on any atom is -0.395 e. The standard InChI is InChI=1S/C30H38ClF2N5O15P2/c1-2-6-46-8-10-48-12-13-49-11-9-47-7-5-37(16-19-3-4-21-22(14-19)53-30(32,33)52-21)26-20-15-34-38(27(20)36-29(31)35-26)28-25(40)24(39)23(51-28)17-50-55(44,45)18-54(41,42)43/h1,3-4,14-15,23-25,28,39-40H,5-13,16-18H2,(H,44,45)(H2,41,42,43)/t23-,24-,25-,28-/m1/s1. The maximum Gasteiger partial charge on any atom is 0.586 e. The van der Waals surface area contributed by atoms with Gasteiger partial charge in [-0.05, 0) is 29.3 Å². The molecule has 5 rings (SSSR count). The molecule has 25 heteroatoms. The maximum absolute atomic E-state index is 13.7. The first-order chi connectivity index (χ1) is 26.1. The highest BCUT2D eigenvalue weighted by molar-refractivity contribution is 7.70. The highest BCUT2D eigenvalue weighted by atomic mass is 35.5. The van der Waals surface area contributed by atoms with Gasteiger partial charge in [-0.1, -0.05) is 12.0 Å². The summed E-state index contributed by atoms with van der Waals surface area (Å²) < 4.78 is 93.3. The van der Waals surface area contributed by atoms with E-state index in [1.54, 1.807) is 11.0 Å². The molecule has 5 atom stereocenters. The summed E-state index contributed by atoms with van der Waals surface area (Å²) in [7, 11) is -9.73. The summed E-state index contributed by atoms with van der Waals surface area (Å²) in [4.78, 5) is 38.2. The Morgan fingerprint density at radius 1 is 0.964 bits per heavy atom. The summed E-state index contributed by atoms with van der Waals surface area (Å²) in [6.45, 7) is 1.59. The number of anilines is 1. The summed E-state index contributed by atoms with van der Waals surface area (Å²) in [5, 5.41) is 25.8. The fraction of sp³-hybridized carbons (Fsp3) is 0.567. The second-order valence-electron chi connectivity index (χ2n) is 11.9. The van der Waals surface area contributed by atoms with Crippen molar-refractivity contribution in [3.8, 4) is 23.8 Å². The van der Waals surface area contributed by atoms with Gasteiger partial charge in [0.25, 0.3) is 0 Å². The molecule has 2 aliphatic heterocycles. The van der Waals surface area contributed by atoms with Crippen molar-refractivity contribution >= 4 is 43.6 Å². The van der Waals surface area contributed by atoms with Gasteiger partial charge >= 0.3 is 21.5 Å². The molecule has 5 N–H and O–H groups in total. The lowest BCUT2D eigenvalue weighted by Gasteiger charge is -2.25. The van der Waals surface area contributed by atoms with Crippen LogP contribution in [0.5, 0.6) is 11.5 Å². The van der Waals surface area contributed by atoms with E-state index in [0.717, 1.165) is 4.68 Å². The van der Waals surface area contributed by atoms with E-state index in [2.05, 4.69) is 30.5 Å². The van der Waals surface area contributed by atoms with E-state index in [0.29, 0.717) is 32.0 Å². The van der Waals surface area contributed by atoms with Crippen LogP contribution in [0, 0.1) is 12.3 Å². The van der Waals surface area contributed by atoms with E-state index in [-0.39, 0.29) is 73.2 Å². The summed E-state index contributed by atoms with van der Waals surface area (Å²) in [6, 6.07) is 4.26. The van der Waals surface area contributed by atoms with Gasteiger partial charge in [0, 0.05) is 13.1 Å². The molecule has 1 saturated heterocycles. The largest absolute Gasteiger partial charge is 0.586 e. The van der Waals surface area contributed by atoms with Crippen molar-refractivity contribution in [3.05, 3.63) is 35.2 Å². The number of nitrogens with zero attached hydrogens (tertiary/aromatic N) is 5. The molecule has 20 nitrogen and oxygen atoms in total. The zero-order valence-corrected chi connectivity index (χ0v) is 31.3. The molecule has 2 aromatic heterocycles. The van der Waals surface area contributed by atoms with E-state index in [9.17, 15) is 33.0 Å². The molecule has 0 bridgehead atoms. The van der Waals surface area contributed by atoms with Crippen molar-refractivity contribution in [3.63, 3.8) is 0 Å². The van der Waals surface area contributed by atoms with Crippen molar-refractivity contribution in [2.45, 2.75) is 37.4 Å². The number of ether oxygens (including phenoxy) is 7. The van der Waals surface area contributed by atoms with E-state index in [1.165, 1.54) is 18.3 Å². The second kappa shape index (κ2) is 18.9. The minimum absolute atomic E-state index is 0.0247. The normalized spacial score (nSPS) is 21.5. The van der Waals surface area contributed by atoms with Crippen molar-refractivity contribution in [1.29, 1.82) is 0 Å². The first-order valence-corrected chi connectivity index (χ1v) is 20.3. The fourth-order valence-corrected chi connectivity index (χ4v) is 8.11. The Kier molecular flexibility index (Phi) is 14.8. The molecule has 2 aliphatic rings. The minimum atomic E-state index is -4.93. The quantitative estimate of drug-likeness (QED) is 0.0415. The number of alkyl halides is 2. The van der Waals surface area contributed by atoms with Gasteiger partial charge < -0.3 is 67.5 Å². The first kappa shape index (κ1) is 43.0. The topological polar surface area (TPSA) is 256 Å². The summed E-state index contributed by atoms with van der Waals surface area (Å²) in [5.41, 5.74) is 0.528. The second-order valence-corrected chi connectivity index (χ2v) is 16.2. The van der Waals surface area contributed by atoms with Crippen LogP contribution in [0.1, 0.15) is 11.8 Å². The van der Waals surface area contributed by atoms with Crippen molar-refractivity contribution in [2.75, 3.05) is 76.8 Å². The van der Waals surface area contributed by atoms with E-state index in [1.807, 2.05) is 0 Å². The Balaban J connectivity index is 1.28. The number of halogens is 3. The zero-order valence-electron chi connectivity index (χ0n) is 28.8. The third-order valence-electron chi connectivity index (χ3n) is 7.73. The predicted octanol–water partition coefficient (Wildman–Crippen LogP) is 1.46. The summed E-state index contributed by atoms with van der Waals surface area (Å²) in [5.74, 6) is 0.772. The molecule has 0 radical (unpaired) electrons. The van der Waals surface area contributed by atoms with Crippen LogP contribution < -0.4 is 14.4 Å². The average Bonchev–Trinajstić information content (AvgIpc) is 3.74. The number of hydrogen-bond donors (Lipinski definition) is 5. The molecule has 1 unspecified atom stereocenters. The van der Waals surface area contributed by atoms with Crippen LogP contribution in [0.4, 0.5) is 14.6 Å². The zero-order chi connectivity index (χ0) is 39.8. The smallest absolute Gasteiger partial charge is 0.395 e. The van der Waals surface area contributed by atoms with E-state index >= 15 is 0 Å². The van der Waals surface area contributed by atoms with Gasteiger partial charge in [0.2, 0.25) is 5.28 Å². The lowest BCUT2D eigenvalue weighted by molar-refractivity contribution is -0.286. The third kappa shape index (κ3) is 12.2. The van der Waals surface area contributed by atoms with E-state index < -0.39 is 58.5 Å². The van der Waals surface area contributed by atoms with Crippen LogP contribution in [-0.2, 0) is 43.9 Å². The number of aromatic nitrogens is 4. The Morgan fingerprint density at radius 2 is 1.62 bits per heavy atom. The molecule has 0 saturated carbocycles. The van der Waals surface area contributed by atoms with Crippen LogP contribution in [0.3, 0.4) is 0 Å². The number of fused-ring (bicyclic) bond motifs is 2. The Bertz CT molecular complexity index is 1900. The number of aliphatic hydroxyl groups excluding tert-OH is 2. The number of hydrogen-bond acceptors (Lipinski definition) is 16. The van der Waals surface area contributed by atoms with Crippen LogP contribution in [0.2, 0.25) is 5.28 Å². The third-order valence-corrected chi connectivity index (χ3v) is 11.4. The average molecular weight is 844 g/mol. The van der Waals surface area contributed by atoms with Crippen LogP contribution in [0.15, 0.2) is 24.4 Å². The van der Waals surface area contributed by atoms with Gasteiger partial charge in [-0.3, -0.25) is 9.13 Å². The fourth-order valence-electron chi connectivity index (χ4n) is 5.38. The van der Waals surface area contributed by atoms with Crippen LogP contribution in [-0.4, -0.2) is 141 Å². The molecule has 1 fully saturated rings. The summed E-state index contributed by atoms with van der Waals surface area (Å²) in [6.07, 6.45) is -3.65. The monoisotopic (exact) mass is 843 g/mol. The van der Waals surface area contributed by atoms with Gasteiger partial charge in [0.05, 0.1) is 64.4 Å². The summed E-state index contributed by atoms with van der Waals surface area (Å²) >= 11 is 6.37. The molecular weight excluding hydrogens is 806 g/mol. The SMILES string of the molecule is C#CCOCCOCCOCCOCCN(Cc1ccc2c(c1)OC(F)(F)O2)c1nc(Cl)nc2c1cnn2[C@@H]1O[C@H](COP(=O)(O)CP(=O)(O)O)[C@@H](O)[C@H]1O. The van der Waals surface area contributed by atoms with E-state index in [4.69, 9.17) is 56.0 Å². The molecule has 55 heavy (non-hydrogen) atoms. The lowest BCUT2D eigenvalue weighted by Crippen LogP contribution is -2.33. The van der Waals surface area contributed by atoms with Gasteiger partial charge in [0.1, 0.15) is 30.7 Å². The van der Waals surface area contributed by atoms with Crippen LogP contribution in [0.25, 0.3) is 11.0 Å². The molecule has 1 aromatic carbocycles. The Labute approximate surface area is 316 Å². The number of benzene rings is 1. The van der Waals surface area contributed by atoms with Crippen LogP contribution >= 0.6 is 26.8 Å². The molecule has 0 amide bonds. The molecular formula is C30H38ClF2N5O15P2. The number of terminal acetylenes is 1. The van der Waals surface area contributed by atoms with Gasteiger partial charge in [-0.25, -0.2) is 4.68 Å². The molecule has 0 aliphatic carbocycles. The van der Waals surface area contributed by atoms with Crippen molar-refractivity contribution in [2.24, 2.45) is 0 Å². The molecule has 4 heterocycles. The molecule has 304 valence electrons. The number of aliphatic hydroxyl groups is 2. The van der Waals surface area contributed by atoms with Gasteiger partial charge in [0.15, 0.2) is 29.3 Å². The van der Waals surface area contributed by atoms with Gasteiger partial charge in [-0.15, -0.1) is 15.2 Å².